The van der Waals surface area contributed by atoms with Gasteiger partial charge in [-0.2, -0.15) is 0 Å². The van der Waals surface area contributed by atoms with E-state index in [0.717, 1.165) is 40.0 Å². The number of ether oxygens (including phenoxy) is 6. The number of hydrogen-bond acceptors (Lipinski definition) is 8. The van der Waals surface area contributed by atoms with Crippen molar-refractivity contribution in [1.82, 2.24) is 0 Å². The lowest BCUT2D eigenvalue weighted by Crippen LogP contribution is -2.04. The van der Waals surface area contributed by atoms with E-state index in [-0.39, 0.29) is 24.1 Å². The van der Waals surface area contributed by atoms with Gasteiger partial charge in [-0.05, 0) is 99.5 Å². The molecule has 1 aliphatic rings. The molecule has 9 heteroatoms. The summed E-state index contributed by atoms with van der Waals surface area (Å²) in [6.45, 7) is 5.25. The van der Waals surface area contributed by atoms with Crippen LogP contribution in [0.4, 0.5) is 0 Å². The Morgan fingerprint density at radius 3 is 1.29 bits per heavy atom. The molecule has 272 valence electrons. The number of carbonyl (C=O) groups excluding carboxylic acids is 1. The van der Waals surface area contributed by atoms with Gasteiger partial charge < -0.3 is 33.5 Å². The average Bonchev–Trinajstić information content (AvgIpc) is 3.67. The fourth-order valence-electron chi connectivity index (χ4n) is 4.81. The van der Waals surface area contributed by atoms with Gasteiger partial charge in [0.1, 0.15) is 0 Å². The van der Waals surface area contributed by atoms with Crippen LogP contribution in [0.25, 0.3) is 0 Å². The van der Waals surface area contributed by atoms with Gasteiger partial charge in [0.05, 0.1) is 23.8 Å². The molecule has 4 aromatic carbocycles. The van der Waals surface area contributed by atoms with Crippen molar-refractivity contribution < 1.29 is 43.1 Å². The zero-order chi connectivity index (χ0) is 37.7. The van der Waals surface area contributed by atoms with E-state index in [1.165, 1.54) is 25.0 Å². The van der Waals surface area contributed by atoms with Crippen LogP contribution in [0.5, 0.6) is 0 Å². The van der Waals surface area contributed by atoms with Crippen molar-refractivity contribution in [3.63, 3.8) is 0 Å². The molecule has 0 bridgehead atoms. The van der Waals surface area contributed by atoms with Gasteiger partial charge in [-0.15, -0.1) is 0 Å². The van der Waals surface area contributed by atoms with Gasteiger partial charge in [-0.25, -0.2) is 9.59 Å². The van der Waals surface area contributed by atoms with E-state index in [1.807, 2.05) is 48.5 Å². The lowest BCUT2D eigenvalue weighted by atomic mass is 10.1. The van der Waals surface area contributed by atoms with E-state index < -0.39 is 5.97 Å². The van der Waals surface area contributed by atoms with E-state index in [2.05, 4.69) is 30.6 Å². The van der Waals surface area contributed by atoms with Crippen LogP contribution in [-0.2, 0) is 28.4 Å². The molecule has 1 fully saturated rings. The third kappa shape index (κ3) is 13.8. The SMILES string of the molecule is CC1CCCO1.CCOC(=O)c1ccc(C#Cc2ccc(C(OC)OC)cc2)cc1.COC(OC)c1ccc(C#Cc2ccc(C(=O)O)cc2)cc1. The van der Waals surface area contributed by atoms with Crippen molar-refractivity contribution in [2.45, 2.75) is 45.4 Å². The quantitative estimate of drug-likeness (QED) is 0.106. The number of carbonyl (C=O) groups is 2. The highest BCUT2D eigenvalue weighted by molar-refractivity contribution is 5.89. The molecule has 0 aromatic heterocycles. The van der Waals surface area contributed by atoms with Crippen LogP contribution in [0.3, 0.4) is 0 Å². The molecule has 1 aliphatic heterocycles. The molecule has 0 radical (unpaired) electrons. The Morgan fingerprint density at radius 1 is 0.654 bits per heavy atom. The second kappa shape index (κ2) is 22.5. The van der Waals surface area contributed by atoms with Crippen LogP contribution in [0, 0.1) is 23.7 Å². The number of hydrogen-bond donors (Lipinski definition) is 1. The first-order valence-electron chi connectivity index (χ1n) is 16.8. The minimum Gasteiger partial charge on any atom is -0.478 e. The van der Waals surface area contributed by atoms with Gasteiger partial charge >= 0.3 is 11.9 Å². The van der Waals surface area contributed by atoms with Gasteiger partial charge in [-0.3, -0.25) is 0 Å². The Balaban J connectivity index is 0.000000242. The number of rotatable bonds is 9. The van der Waals surface area contributed by atoms with Crippen molar-refractivity contribution in [2.24, 2.45) is 0 Å². The van der Waals surface area contributed by atoms with E-state index in [0.29, 0.717) is 18.3 Å². The number of carboxylic acids is 1. The van der Waals surface area contributed by atoms with Gasteiger partial charge in [0.2, 0.25) is 0 Å². The van der Waals surface area contributed by atoms with Gasteiger partial charge in [-0.1, -0.05) is 47.9 Å². The lowest BCUT2D eigenvalue weighted by molar-refractivity contribution is -0.106. The molecule has 1 heterocycles. The first kappa shape index (κ1) is 41.2. The Kier molecular flexibility index (Phi) is 17.8. The number of esters is 1. The summed E-state index contributed by atoms with van der Waals surface area (Å²) in [6, 6.07) is 28.8. The maximum Gasteiger partial charge on any atom is 0.338 e. The first-order chi connectivity index (χ1) is 25.2. The predicted molar refractivity (Wildman–Crippen MR) is 199 cm³/mol. The lowest BCUT2D eigenvalue weighted by Gasteiger charge is -2.13. The smallest absolute Gasteiger partial charge is 0.338 e. The van der Waals surface area contributed by atoms with E-state index >= 15 is 0 Å². The topological polar surface area (TPSA) is 110 Å². The van der Waals surface area contributed by atoms with Crippen molar-refractivity contribution in [1.29, 1.82) is 0 Å². The maximum absolute atomic E-state index is 11.6. The van der Waals surface area contributed by atoms with E-state index in [9.17, 15) is 9.59 Å². The van der Waals surface area contributed by atoms with Crippen molar-refractivity contribution in [3.05, 3.63) is 142 Å². The number of benzene rings is 4. The molecule has 0 saturated carbocycles. The summed E-state index contributed by atoms with van der Waals surface area (Å²) < 4.78 is 30.9. The van der Waals surface area contributed by atoms with Gasteiger partial charge in [0.25, 0.3) is 0 Å². The van der Waals surface area contributed by atoms with E-state index in [1.54, 1.807) is 71.8 Å². The third-order valence-corrected chi connectivity index (χ3v) is 7.61. The summed E-state index contributed by atoms with van der Waals surface area (Å²) >= 11 is 0. The van der Waals surface area contributed by atoms with Crippen molar-refractivity contribution in [2.75, 3.05) is 41.7 Å². The van der Waals surface area contributed by atoms with Crippen molar-refractivity contribution >= 4 is 11.9 Å². The molecule has 1 saturated heterocycles. The molecule has 1 N–H and O–H groups in total. The molecular formula is C43H46O9. The Hall–Kier alpha value is -5.26. The van der Waals surface area contributed by atoms with Crippen molar-refractivity contribution in [3.8, 4) is 23.7 Å². The second-order valence-corrected chi connectivity index (χ2v) is 11.4. The highest BCUT2D eigenvalue weighted by Gasteiger charge is 2.09. The van der Waals surface area contributed by atoms with Crippen LogP contribution in [-0.4, -0.2) is 64.8 Å². The van der Waals surface area contributed by atoms with Gasteiger partial charge in [0.15, 0.2) is 12.6 Å². The summed E-state index contributed by atoms with van der Waals surface area (Å²) in [6.07, 6.45) is 2.32. The van der Waals surface area contributed by atoms with Crippen LogP contribution < -0.4 is 0 Å². The molecule has 0 aliphatic carbocycles. The Bertz CT molecular complexity index is 1780. The normalized spacial score (nSPS) is 13.0. The zero-order valence-corrected chi connectivity index (χ0v) is 30.5. The van der Waals surface area contributed by atoms with Crippen LogP contribution in [0.15, 0.2) is 97.1 Å². The summed E-state index contributed by atoms with van der Waals surface area (Å²) in [5.74, 6) is 10.9. The predicted octanol–water partition coefficient (Wildman–Crippen LogP) is 7.82. The summed E-state index contributed by atoms with van der Waals surface area (Å²) in [7, 11) is 6.37. The Labute approximate surface area is 306 Å². The monoisotopic (exact) mass is 706 g/mol. The highest BCUT2D eigenvalue weighted by Crippen LogP contribution is 2.18. The minimum atomic E-state index is -0.944. The molecule has 1 unspecified atom stereocenters. The van der Waals surface area contributed by atoms with Crippen LogP contribution >= 0.6 is 0 Å². The molecule has 1 atom stereocenters. The summed E-state index contributed by atoms with van der Waals surface area (Å²) in [5, 5.41) is 8.84. The standard InChI is InChI=1S/C20H20O4.C18H16O4.C5H10O/c1-4-24-19(21)17-11-7-15(8-12-17)5-6-16-9-13-18(14-10-16)20(22-2)23-3;1-21-18(22-2)16-11-7-14(8-12-16)4-3-13-5-9-15(10-6-13)17(19)20;1-5-3-2-4-6-5/h7-14,20H,4H2,1-3H3;5-12,18H,1-2H3,(H,19,20);5H,2-4H2,1H3. The fraction of sp³-hybridized carbons (Fsp3) is 0.302. The highest BCUT2D eigenvalue weighted by atomic mass is 16.7. The third-order valence-electron chi connectivity index (χ3n) is 7.61. The molecule has 52 heavy (non-hydrogen) atoms. The molecule has 5 rings (SSSR count). The summed E-state index contributed by atoms with van der Waals surface area (Å²) in [4.78, 5) is 22.4. The number of carboxylic acid groups (broad SMARTS) is 1. The fourth-order valence-corrected chi connectivity index (χ4v) is 4.81. The number of methoxy groups -OCH3 is 4. The molecule has 0 spiro atoms. The van der Waals surface area contributed by atoms with Gasteiger partial charge in [0, 0.05) is 68.4 Å². The zero-order valence-electron chi connectivity index (χ0n) is 30.5. The van der Waals surface area contributed by atoms with Crippen LogP contribution in [0.2, 0.25) is 0 Å². The molecular weight excluding hydrogens is 660 g/mol. The first-order valence-corrected chi connectivity index (χ1v) is 16.8. The maximum atomic E-state index is 11.6. The average molecular weight is 707 g/mol. The summed E-state index contributed by atoms with van der Waals surface area (Å²) in [5.41, 5.74) is 5.97. The second-order valence-electron chi connectivity index (χ2n) is 11.4. The molecule has 9 nitrogen and oxygen atoms in total. The van der Waals surface area contributed by atoms with Crippen LogP contribution in [0.1, 0.15) is 93.4 Å². The molecule has 0 amide bonds. The Morgan fingerprint density at radius 2 is 1.02 bits per heavy atom. The largest absolute Gasteiger partial charge is 0.478 e. The molecule has 4 aromatic rings. The van der Waals surface area contributed by atoms with E-state index in [4.69, 9.17) is 33.5 Å². The number of aromatic carboxylic acids is 1. The minimum absolute atomic E-state index is 0.250.